The highest BCUT2D eigenvalue weighted by Crippen LogP contribution is 2.29. The van der Waals surface area contributed by atoms with Gasteiger partial charge < -0.3 is 10.1 Å². The number of aryl methyl sites for hydroxylation is 1. The maximum Gasteiger partial charge on any atom is 0.337 e. The van der Waals surface area contributed by atoms with Gasteiger partial charge in [-0.2, -0.15) is 0 Å². The zero-order chi connectivity index (χ0) is 15.4. The largest absolute Gasteiger partial charge is 0.463 e. The van der Waals surface area contributed by atoms with Crippen molar-refractivity contribution in [3.63, 3.8) is 0 Å². The molecule has 0 amide bonds. The molecule has 0 radical (unpaired) electrons. The molecule has 0 fully saturated rings. The highest BCUT2D eigenvalue weighted by Gasteiger charge is 2.31. The Morgan fingerprint density at radius 1 is 1.29 bits per heavy atom. The molecule has 5 heteroatoms. The SMILES string of the molecule is CCOC(=O)C1=C(C)NC(S)NC1c1ccc(CC)cc1. The first-order chi connectivity index (χ1) is 10.1. The molecule has 1 aliphatic heterocycles. The first-order valence-electron chi connectivity index (χ1n) is 7.24. The number of esters is 1. The van der Waals surface area contributed by atoms with Gasteiger partial charge in [-0.1, -0.05) is 31.2 Å². The van der Waals surface area contributed by atoms with E-state index in [0.29, 0.717) is 12.2 Å². The summed E-state index contributed by atoms with van der Waals surface area (Å²) in [6.07, 6.45) is 0.995. The molecule has 21 heavy (non-hydrogen) atoms. The van der Waals surface area contributed by atoms with E-state index in [2.05, 4.69) is 54.5 Å². The third-order valence-electron chi connectivity index (χ3n) is 3.59. The van der Waals surface area contributed by atoms with Crippen molar-refractivity contribution >= 4 is 18.6 Å². The van der Waals surface area contributed by atoms with Gasteiger partial charge in [0.1, 0.15) is 5.50 Å². The molecule has 0 aliphatic carbocycles. The number of hydrogen-bond acceptors (Lipinski definition) is 5. The summed E-state index contributed by atoms with van der Waals surface area (Å²) in [7, 11) is 0. The molecule has 0 aromatic heterocycles. The van der Waals surface area contributed by atoms with E-state index in [-0.39, 0.29) is 17.5 Å². The molecule has 0 spiro atoms. The van der Waals surface area contributed by atoms with E-state index in [0.717, 1.165) is 17.7 Å². The normalized spacial score (nSPS) is 21.9. The molecule has 114 valence electrons. The second-order valence-corrected chi connectivity index (χ2v) is 5.52. The number of hydrogen-bond donors (Lipinski definition) is 3. The maximum atomic E-state index is 12.2. The van der Waals surface area contributed by atoms with Crippen LogP contribution in [-0.2, 0) is 16.0 Å². The van der Waals surface area contributed by atoms with E-state index in [9.17, 15) is 4.79 Å². The summed E-state index contributed by atoms with van der Waals surface area (Å²) in [5.74, 6) is -0.292. The Morgan fingerprint density at radius 2 is 1.95 bits per heavy atom. The summed E-state index contributed by atoms with van der Waals surface area (Å²) in [6.45, 7) is 6.17. The van der Waals surface area contributed by atoms with Gasteiger partial charge >= 0.3 is 5.97 Å². The van der Waals surface area contributed by atoms with Crippen molar-refractivity contribution in [2.24, 2.45) is 0 Å². The van der Waals surface area contributed by atoms with Crippen molar-refractivity contribution in [1.29, 1.82) is 0 Å². The van der Waals surface area contributed by atoms with Crippen LogP contribution < -0.4 is 10.6 Å². The predicted molar refractivity (Wildman–Crippen MR) is 86.9 cm³/mol. The lowest BCUT2D eigenvalue weighted by Gasteiger charge is -2.32. The number of ether oxygens (including phenoxy) is 1. The van der Waals surface area contributed by atoms with Crippen molar-refractivity contribution < 1.29 is 9.53 Å². The van der Waals surface area contributed by atoms with E-state index < -0.39 is 0 Å². The number of thiol groups is 1. The third kappa shape index (κ3) is 3.60. The van der Waals surface area contributed by atoms with Crippen LogP contribution in [0.5, 0.6) is 0 Å². The zero-order valence-corrected chi connectivity index (χ0v) is 13.5. The predicted octanol–water partition coefficient (Wildman–Crippen LogP) is 2.53. The number of nitrogens with one attached hydrogen (secondary N) is 2. The van der Waals surface area contributed by atoms with Gasteiger partial charge in [-0.3, -0.25) is 5.32 Å². The molecule has 4 nitrogen and oxygen atoms in total. The Hall–Kier alpha value is -1.46. The average molecular weight is 306 g/mol. The summed E-state index contributed by atoms with van der Waals surface area (Å²) in [5.41, 5.74) is 3.53. The molecule has 2 unspecified atom stereocenters. The topological polar surface area (TPSA) is 50.4 Å². The van der Waals surface area contributed by atoms with Crippen molar-refractivity contribution in [2.75, 3.05) is 6.61 Å². The van der Waals surface area contributed by atoms with Gasteiger partial charge in [-0.05, 0) is 31.4 Å². The van der Waals surface area contributed by atoms with Gasteiger partial charge in [0.15, 0.2) is 0 Å². The van der Waals surface area contributed by atoms with Crippen molar-refractivity contribution in [3.05, 3.63) is 46.7 Å². The summed E-state index contributed by atoms with van der Waals surface area (Å²) in [5, 5.41) is 6.41. The van der Waals surface area contributed by atoms with E-state index in [4.69, 9.17) is 4.74 Å². The van der Waals surface area contributed by atoms with Crippen LogP contribution in [0.15, 0.2) is 35.5 Å². The van der Waals surface area contributed by atoms with Crippen molar-refractivity contribution in [2.45, 2.75) is 38.7 Å². The lowest BCUT2D eigenvalue weighted by atomic mass is 9.94. The standard InChI is InChI=1S/C16H22N2O2S/c1-4-11-6-8-12(9-7-11)14-13(15(19)20-5-2)10(3)17-16(21)18-14/h6-9,14,16-18,21H,4-5H2,1-3H3. The van der Waals surface area contributed by atoms with E-state index >= 15 is 0 Å². The molecular weight excluding hydrogens is 284 g/mol. The second-order valence-electron chi connectivity index (χ2n) is 5.00. The van der Waals surface area contributed by atoms with Crippen LogP contribution in [0.4, 0.5) is 0 Å². The van der Waals surface area contributed by atoms with Gasteiger partial charge in [0.05, 0.1) is 18.2 Å². The quantitative estimate of drug-likeness (QED) is 0.591. The van der Waals surface area contributed by atoms with Crippen LogP contribution in [0, 0.1) is 0 Å². The fourth-order valence-electron chi connectivity index (χ4n) is 2.47. The van der Waals surface area contributed by atoms with Gasteiger partial charge in [-0.15, -0.1) is 12.6 Å². The van der Waals surface area contributed by atoms with Gasteiger partial charge in [0, 0.05) is 5.70 Å². The Kier molecular flexibility index (Phi) is 5.31. The van der Waals surface area contributed by atoms with Crippen LogP contribution in [0.2, 0.25) is 0 Å². The summed E-state index contributed by atoms with van der Waals surface area (Å²) < 4.78 is 5.18. The van der Waals surface area contributed by atoms with Crippen LogP contribution in [0.25, 0.3) is 0 Å². The highest BCUT2D eigenvalue weighted by atomic mass is 32.1. The molecule has 1 aromatic carbocycles. The Morgan fingerprint density at radius 3 is 2.52 bits per heavy atom. The first-order valence-corrected chi connectivity index (χ1v) is 7.75. The maximum absolute atomic E-state index is 12.2. The smallest absolute Gasteiger partial charge is 0.337 e. The lowest BCUT2D eigenvalue weighted by molar-refractivity contribution is -0.139. The summed E-state index contributed by atoms with van der Waals surface area (Å²) in [6, 6.07) is 8.07. The minimum atomic E-state index is -0.292. The number of allylic oxidation sites excluding steroid dienone is 1. The molecule has 0 saturated heterocycles. The summed E-state index contributed by atoms with van der Waals surface area (Å²) in [4.78, 5) is 12.2. The van der Waals surface area contributed by atoms with E-state index in [1.165, 1.54) is 5.56 Å². The first kappa shape index (κ1) is 15.9. The Balaban J connectivity index is 2.36. The summed E-state index contributed by atoms with van der Waals surface area (Å²) >= 11 is 4.42. The number of rotatable bonds is 4. The molecular formula is C16H22N2O2S. The van der Waals surface area contributed by atoms with Gasteiger partial charge in [0.2, 0.25) is 0 Å². The Bertz CT molecular complexity index is 540. The van der Waals surface area contributed by atoms with Crippen LogP contribution in [0.3, 0.4) is 0 Å². The van der Waals surface area contributed by atoms with E-state index in [1.807, 2.05) is 13.8 Å². The average Bonchev–Trinajstić information content (AvgIpc) is 2.46. The number of benzene rings is 1. The van der Waals surface area contributed by atoms with Gasteiger partial charge in [0.25, 0.3) is 0 Å². The van der Waals surface area contributed by atoms with Crippen LogP contribution >= 0.6 is 12.6 Å². The number of carbonyl (C=O) groups excluding carboxylic acids is 1. The molecule has 2 rings (SSSR count). The molecule has 1 heterocycles. The Labute approximate surface area is 131 Å². The third-order valence-corrected chi connectivity index (χ3v) is 3.87. The molecule has 1 aliphatic rings. The zero-order valence-electron chi connectivity index (χ0n) is 12.6. The lowest BCUT2D eigenvalue weighted by Crippen LogP contribution is -2.46. The molecule has 0 saturated carbocycles. The van der Waals surface area contributed by atoms with Crippen LogP contribution in [0.1, 0.15) is 37.9 Å². The second kappa shape index (κ2) is 7.00. The van der Waals surface area contributed by atoms with Gasteiger partial charge in [-0.25, -0.2) is 4.79 Å². The molecule has 2 N–H and O–H groups in total. The highest BCUT2D eigenvalue weighted by molar-refractivity contribution is 7.80. The van der Waals surface area contributed by atoms with Crippen LogP contribution in [-0.4, -0.2) is 18.1 Å². The minimum absolute atomic E-state index is 0.195. The molecule has 1 aromatic rings. The molecule has 0 bridgehead atoms. The van der Waals surface area contributed by atoms with E-state index in [1.54, 1.807) is 0 Å². The fraction of sp³-hybridized carbons (Fsp3) is 0.438. The molecule has 2 atom stereocenters. The minimum Gasteiger partial charge on any atom is -0.463 e. The number of carbonyl (C=O) groups is 1. The monoisotopic (exact) mass is 306 g/mol. The van der Waals surface area contributed by atoms with Crippen molar-refractivity contribution in [3.8, 4) is 0 Å². The fourth-order valence-corrected chi connectivity index (χ4v) is 2.81. The van der Waals surface area contributed by atoms with Crippen molar-refractivity contribution in [1.82, 2.24) is 10.6 Å².